The van der Waals surface area contributed by atoms with E-state index in [-0.39, 0.29) is 5.92 Å². The minimum absolute atomic E-state index is 0.0718. The largest absolute Gasteiger partial charge is 0.480 e. The molecule has 6 heteroatoms. The van der Waals surface area contributed by atoms with Gasteiger partial charge in [-0.1, -0.05) is 34.1 Å². The Kier molecular flexibility index (Phi) is 9.18. The van der Waals surface area contributed by atoms with E-state index < -0.39 is 29.7 Å². The summed E-state index contributed by atoms with van der Waals surface area (Å²) < 4.78 is 0. The number of aliphatic carboxylic acids is 2. The molecule has 0 fully saturated rings. The van der Waals surface area contributed by atoms with Crippen LogP contribution in [0.2, 0.25) is 0 Å². The lowest BCUT2D eigenvalue weighted by Crippen LogP contribution is -2.36. The van der Waals surface area contributed by atoms with Gasteiger partial charge < -0.3 is 15.9 Å². The summed E-state index contributed by atoms with van der Waals surface area (Å²) in [7, 11) is 0. The molecule has 0 amide bonds. The first-order valence-corrected chi connectivity index (χ1v) is 5.40. The molecule has 0 heterocycles. The quantitative estimate of drug-likeness (QED) is 0.617. The Balaban J connectivity index is 0. The normalized spacial score (nSPS) is 13.3. The number of carbonyl (C=O) groups excluding carboxylic acids is 1. The first-order chi connectivity index (χ1) is 7.64. The molecule has 0 radical (unpaired) electrons. The van der Waals surface area contributed by atoms with E-state index in [4.69, 9.17) is 15.9 Å². The van der Waals surface area contributed by atoms with Crippen molar-refractivity contribution in [3.05, 3.63) is 0 Å². The summed E-state index contributed by atoms with van der Waals surface area (Å²) >= 11 is 0. The van der Waals surface area contributed by atoms with Crippen molar-refractivity contribution in [1.82, 2.24) is 0 Å². The number of hydrogen-bond acceptors (Lipinski definition) is 4. The van der Waals surface area contributed by atoms with Gasteiger partial charge in [-0.05, 0) is 5.92 Å². The van der Waals surface area contributed by atoms with E-state index in [9.17, 15) is 14.4 Å². The van der Waals surface area contributed by atoms with Crippen molar-refractivity contribution in [2.75, 3.05) is 0 Å². The van der Waals surface area contributed by atoms with E-state index in [1.165, 1.54) is 0 Å². The molecule has 0 saturated heterocycles. The van der Waals surface area contributed by atoms with Crippen molar-refractivity contribution in [2.24, 2.45) is 17.6 Å². The van der Waals surface area contributed by atoms with Gasteiger partial charge in [0.05, 0.1) is 0 Å². The van der Waals surface area contributed by atoms with Crippen LogP contribution in [0.1, 0.15) is 34.1 Å². The van der Waals surface area contributed by atoms with Crippen LogP contribution in [-0.2, 0) is 14.4 Å². The monoisotopic (exact) mass is 247 g/mol. The molecule has 2 atom stereocenters. The van der Waals surface area contributed by atoms with Crippen molar-refractivity contribution in [1.29, 1.82) is 0 Å². The molecule has 0 spiro atoms. The molecule has 4 N–H and O–H groups in total. The molecule has 17 heavy (non-hydrogen) atoms. The predicted molar refractivity (Wildman–Crippen MR) is 62.5 cm³/mol. The number of carboxylic acids is 2. The highest BCUT2D eigenvalue weighted by Crippen LogP contribution is 2.04. The summed E-state index contributed by atoms with van der Waals surface area (Å²) in [6.07, 6.45) is 0.813. The topological polar surface area (TPSA) is 118 Å². The lowest BCUT2D eigenvalue weighted by atomic mass is 10.0. The Bertz CT molecular complexity index is 275. The molecular formula is C11H21NO5. The van der Waals surface area contributed by atoms with Gasteiger partial charge >= 0.3 is 11.9 Å². The van der Waals surface area contributed by atoms with Crippen molar-refractivity contribution < 1.29 is 24.6 Å². The summed E-state index contributed by atoms with van der Waals surface area (Å²) in [5.74, 6) is -3.32. The van der Waals surface area contributed by atoms with Crippen LogP contribution >= 0.6 is 0 Å². The summed E-state index contributed by atoms with van der Waals surface area (Å²) in [5.41, 5.74) is 5.27. The van der Waals surface area contributed by atoms with Gasteiger partial charge in [-0.3, -0.25) is 9.59 Å². The van der Waals surface area contributed by atoms with Crippen LogP contribution in [0.15, 0.2) is 0 Å². The second-order valence-corrected chi connectivity index (χ2v) is 4.07. The van der Waals surface area contributed by atoms with Crippen molar-refractivity contribution in [3.8, 4) is 0 Å². The summed E-state index contributed by atoms with van der Waals surface area (Å²) in [6, 6.07) is -0.699. The minimum atomic E-state index is -1.35. The average molecular weight is 247 g/mol. The van der Waals surface area contributed by atoms with Crippen molar-refractivity contribution in [3.63, 3.8) is 0 Å². The van der Waals surface area contributed by atoms with Crippen LogP contribution in [0.3, 0.4) is 0 Å². The van der Waals surface area contributed by atoms with Crippen LogP contribution in [0.5, 0.6) is 0 Å². The molecular weight excluding hydrogens is 226 g/mol. The second-order valence-electron chi connectivity index (χ2n) is 4.07. The van der Waals surface area contributed by atoms with Crippen LogP contribution in [0.25, 0.3) is 0 Å². The molecule has 0 aliphatic heterocycles. The van der Waals surface area contributed by atoms with E-state index in [1.807, 2.05) is 13.8 Å². The zero-order chi connectivity index (χ0) is 14.2. The molecule has 0 aliphatic rings. The van der Waals surface area contributed by atoms with Crippen LogP contribution in [0, 0.1) is 11.8 Å². The molecule has 0 aliphatic carbocycles. The van der Waals surface area contributed by atoms with Gasteiger partial charge in [-0.25, -0.2) is 4.79 Å². The highest BCUT2D eigenvalue weighted by Gasteiger charge is 2.17. The third-order valence-corrected chi connectivity index (χ3v) is 2.28. The summed E-state index contributed by atoms with van der Waals surface area (Å²) in [6.45, 7) is 6.86. The van der Waals surface area contributed by atoms with Gasteiger partial charge in [0, 0.05) is 5.92 Å². The van der Waals surface area contributed by atoms with E-state index in [1.54, 1.807) is 13.8 Å². The minimum Gasteiger partial charge on any atom is -0.480 e. The zero-order valence-electron chi connectivity index (χ0n) is 10.6. The molecule has 0 unspecified atom stereocenters. The van der Waals surface area contributed by atoms with Crippen LogP contribution in [0.4, 0.5) is 0 Å². The lowest BCUT2D eigenvalue weighted by molar-refractivity contribution is -0.150. The second kappa shape index (κ2) is 8.69. The molecule has 0 saturated carbocycles. The highest BCUT2D eigenvalue weighted by molar-refractivity contribution is 6.33. The van der Waals surface area contributed by atoms with Crippen molar-refractivity contribution >= 4 is 17.7 Å². The zero-order valence-corrected chi connectivity index (χ0v) is 10.6. The van der Waals surface area contributed by atoms with E-state index >= 15 is 0 Å². The number of hydrogen-bond donors (Lipinski definition) is 3. The van der Waals surface area contributed by atoms with E-state index in [0.717, 1.165) is 6.42 Å². The number of carbonyl (C=O) groups is 3. The number of ketones is 1. The van der Waals surface area contributed by atoms with Crippen molar-refractivity contribution in [2.45, 2.75) is 40.2 Å². The lowest BCUT2D eigenvalue weighted by Gasteiger charge is -2.11. The Morgan fingerprint density at radius 1 is 1.12 bits per heavy atom. The Labute approximate surface area is 101 Å². The molecule has 0 aromatic carbocycles. The molecule has 0 rings (SSSR count). The van der Waals surface area contributed by atoms with E-state index in [2.05, 4.69) is 0 Å². The molecule has 0 aromatic rings. The third kappa shape index (κ3) is 8.38. The maximum absolute atomic E-state index is 10.2. The number of nitrogens with two attached hydrogens (primary N) is 1. The fourth-order valence-corrected chi connectivity index (χ4v) is 0.744. The first-order valence-electron chi connectivity index (χ1n) is 5.40. The highest BCUT2D eigenvalue weighted by atomic mass is 16.4. The van der Waals surface area contributed by atoms with E-state index in [0.29, 0.717) is 0 Å². The Morgan fingerprint density at radius 3 is 1.59 bits per heavy atom. The predicted octanol–water partition coefficient (Wildman–Crippen LogP) is 0.741. The van der Waals surface area contributed by atoms with Gasteiger partial charge in [0.2, 0.25) is 5.78 Å². The maximum Gasteiger partial charge on any atom is 0.372 e. The fraction of sp³-hybridized carbons (Fsp3) is 0.727. The smallest absolute Gasteiger partial charge is 0.372 e. The van der Waals surface area contributed by atoms with Crippen LogP contribution < -0.4 is 5.73 Å². The summed E-state index contributed by atoms with van der Waals surface area (Å²) in [4.78, 5) is 30.2. The Morgan fingerprint density at radius 2 is 1.53 bits per heavy atom. The SMILES string of the molecule is CC(C)C(=O)C(=O)O.CC[C@H](C)[C@H](N)C(=O)O. The Hall–Kier alpha value is -1.43. The molecule has 100 valence electrons. The number of rotatable bonds is 5. The van der Waals surface area contributed by atoms with Gasteiger partial charge in [0.25, 0.3) is 0 Å². The number of Topliss-reactive ketones (excluding diaryl/α,β-unsaturated/α-hetero) is 1. The van der Waals surface area contributed by atoms with Crippen LogP contribution in [-0.4, -0.2) is 34.0 Å². The maximum atomic E-state index is 10.2. The third-order valence-electron chi connectivity index (χ3n) is 2.28. The standard InChI is InChI=1S/C6H13NO2.C5H8O3/c1-3-4(2)5(7)6(8)9;1-3(2)4(6)5(7)8/h4-5H,3,7H2,1-2H3,(H,8,9);3H,1-2H3,(H,7,8)/t4-,5-;/m0./s1. The first kappa shape index (κ1) is 17.9. The molecule has 0 bridgehead atoms. The number of carboxylic acid groups (broad SMARTS) is 2. The summed E-state index contributed by atoms with van der Waals surface area (Å²) in [5, 5.41) is 16.4. The van der Waals surface area contributed by atoms with Gasteiger partial charge in [0.1, 0.15) is 6.04 Å². The molecule has 6 nitrogen and oxygen atoms in total. The average Bonchev–Trinajstić information content (AvgIpc) is 2.26. The van der Waals surface area contributed by atoms with Gasteiger partial charge in [0.15, 0.2) is 0 Å². The molecule has 0 aromatic heterocycles. The van der Waals surface area contributed by atoms with Gasteiger partial charge in [-0.15, -0.1) is 0 Å². The van der Waals surface area contributed by atoms with Gasteiger partial charge in [-0.2, -0.15) is 0 Å². The fourth-order valence-electron chi connectivity index (χ4n) is 0.744.